The Morgan fingerprint density at radius 2 is 1.93 bits per heavy atom. The van der Waals surface area contributed by atoms with Gasteiger partial charge in [-0.1, -0.05) is 12.1 Å². The molecule has 7 nitrogen and oxygen atoms in total. The number of rotatable bonds is 6. The molecule has 1 aliphatic heterocycles. The third-order valence-corrected chi connectivity index (χ3v) is 4.71. The average molecular weight is 370 g/mol. The first-order chi connectivity index (χ1) is 13.1. The van der Waals surface area contributed by atoms with E-state index in [0.29, 0.717) is 25.9 Å². The first kappa shape index (κ1) is 18.7. The summed E-state index contributed by atoms with van der Waals surface area (Å²) >= 11 is 0. The molecule has 1 atom stereocenters. The Morgan fingerprint density at radius 1 is 1.15 bits per heavy atom. The van der Waals surface area contributed by atoms with Gasteiger partial charge in [-0.25, -0.2) is 4.79 Å². The van der Waals surface area contributed by atoms with Crippen LogP contribution in [-0.2, 0) is 11.2 Å². The van der Waals surface area contributed by atoms with Crippen LogP contribution in [0.15, 0.2) is 47.1 Å². The normalized spacial score (nSPS) is 16.7. The van der Waals surface area contributed by atoms with Crippen molar-refractivity contribution in [2.45, 2.75) is 31.7 Å². The van der Waals surface area contributed by atoms with Crippen LogP contribution >= 0.6 is 0 Å². The molecule has 0 radical (unpaired) electrons. The minimum absolute atomic E-state index is 0.170. The van der Waals surface area contributed by atoms with Gasteiger partial charge in [0.25, 0.3) is 5.91 Å². The molecule has 0 spiro atoms. The van der Waals surface area contributed by atoms with E-state index in [0.717, 1.165) is 18.4 Å². The Kier molecular flexibility index (Phi) is 5.90. The van der Waals surface area contributed by atoms with Gasteiger partial charge in [0, 0.05) is 13.1 Å². The Morgan fingerprint density at radius 3 is 2.59 bits per heavy atom. The molecule has 1 fully saturated rings. The lowest BCUT2D eigenvalue weighted by Gasteiger charge is -2.34. The highest BCUT2D eigenvalue weighted by Gasteiger charge is 2.33. The van der Waals surface area contributed by atoms with Gasteiger partial charge in [-0.2, -0.15) is 0 Å². The predicted molar refractivity (Wildman–Crippen MR) is 97.5 cm³/mol. The van der Waals surface area contributed by atoms with Crippen molar-refractivity contribution in [1.29, 1.82) is 0 Å². The maximum Gasteiger partial charge on any atom is 0.335 e. The van der Waals surface area contributed by atoms with Gasteiger partial charge >= 0.3 is 5.97 Å². The number of likely N-dealkylation sites (tertiary alicyclic amines) is 1. The maximum atomic E-state index is 12.6. The Labute approximate surface area is 157 Å². The molecule has 0 aliphatic carbocycles. The first-order valence-corrected chi connectivity index (χ1v) is 9.00. The fourth-order valence-corrected chi connectivity index (χ4v) is 3.25. The second-order valence-electron chi connectivity index (χ2n) is 6.53. The highest BCUT2D eigenvalue weighted by molar-refractivity contribution is 5.95. The number of nitrogens with one attached hydrogen (secondary N) is 1. The van der Waals surface area contributed by atoms with E-state index in [-0.39, 0.29) is 23.1 Å². The van der Waals surface area contributed by atoms with Crippen molar-refractivity contribution in [2.24, 2.45) is 0 Å². The van der Waals surface area contributed by atoms with E-state index < -0.39 is 12.0 Å². The fourth-order valence-electron chi connectivity index (χ4n) is 3.25. The molecule has 3 rings (SSSR count). The molecular weight excluding hydrogens is 348 g/mol. The minimum Gasteiger partial charge on any atom is -0.478 e. The van der Waals surface area contributed by atoms with Crippen LogP contribution in [0.3, 0.4) is 0 Å². The van der Waals surface area contributed by atoms with E-state index in [9.17, 15) is 14.4 Å². The summed E-state index contributed by atoms with van der Waals surface area (Å²) in [6.07, 6.45) is 4.43. The molecule has 0 saturated carbocycles. The molecule has 1 unspecified atom stereocenters. The minimum atomic E-state index is -0.964. The van der Waals surface area contributed by atoms with Gasteiger partial charge < -0.3 is 19.7 Å². The summed E-state index contributed by atoms with van der Waals surface area (Å²) in [5, 5.41) is 11.8. The summed E-state index contributed by atoms with van der Waals surface area (Å²) in [4.78, 5) is 37.6. The van der Waals surface area contributed by atoms with Crippen molar-refractivity contribution in [3.63, 3.8) is 0 Å². The molecule has 1 aromatic carbocycles. The zero-order chi connectivity index (χ0) is 19.2. The number of furan rings is 1. The van der Waals surface area contributed by atoms with E-state index >= 15 is 0 Å². The van der Waals surface area contributed by atoms with E-state index in [1.165, 1.54) is 6.26 Å². The number of amides is 2. The highest BCUT2D eigenvalue weighted by atomic mass is 16.4. The molecule has 2 amide bonds. The predicted octanol–water partition coefficient (Wildman–Crippen LogP) is 2.33. The van der Waals surface area contributed by atoms with Gasteiger partial charge in [0.15, 0.2) is 5.76 Å². The molecule has 2 heterocycles. The number of nitrogens with zero attached hydrogens (tertiary/aromatic N) is 1. The monoisotopic (exact) mass is 370 g/mol. The number of carbonyl (C=O) groups is 3. The van der Waals surface area contributed by atoms with Crippen LogP contribution in [0.5, 0.6) is 0 Å². The molecule has 142 valence electrons. The summed E-state index contributed by atoms with van der Waals surface area (Å²) in [7, 11) is 0. The topological polar surface area (TPSA) is 99.9 Å². The van der Waals surface area contributed by atoms with Crippen molar-refractivity contribution in [2.75, 3.05) is 13.1 Å². The van der Waals surface area contributed by atoms with Crippen molar-refractivity contribution < 1.29 is 23.9 Å². The summed E-state index contributed by atoms with van der Waals surface area (Å²) in [6.45, 7) is 0.957. The van der Waals surface area contributed by atoms with Gasteiger partial charge in [0.2, 0.25) is 5.91 Å². The molecule has 2 N–H and O–H groups in total. The third kappa shape index (κ3) is 4.55. The Hall–Kier alpha value is -3.09. The second-order valence-corrected chi connectivity index (χ2v) is 6.53. The molecule has 27 heavy (non-hydrogen) atoms. The van der Waals surface area contributed by atoms with E-state index in [4.69, 9.17) is 9.52 Å². The number of carbonyl (C=O) groups excluding carboxylic acids is 2. The van der Waals surface area contributed by atoms with E-state index in [1.807, 2.05) is 0 Å². The number of benzene rings is 1. The number of hydrogen-bond donors (Lipinski definition) is 2. The van der Waals surface area contributed by atoms with Crippen LogP contribution in [0.25, 0.3) is 0 Å². The molecule has 2 aromatic rings. The van der Waals surface area contributed by atoms with Crippen LogP contribution in [0.1, 0.15) is 45.7 Å². The van der Waals surface area contributed by atoms with Gasteiger partial charge in [-0.3, -0.25) is 9.59 Å². The number of hydrogen-bond acceptors (Lipinski definition) is 4. The summed E-state index contributed by atoms with van der Waals surface area (Å²) in [5.41, 5.74) is 1.17. The van der Waals surface area contributed by atoms with Crippen LogP contribution in [0.4, 0.5) is 0 Å². The molecule has 7 heteroatoms. The van der Waals surface area contributed by atoms with E-state index in [1.54, 1.807) is 41.3 Å². The van der Waals surface area contributed by atoms with Crippen LogP contribution in [0, 0.1) is 0 Å². The zero-order valence-corrected chi connectivity index (χ0v) is 14.9. The van der Waals surface area contributed by atoms with Gasteiger partial charge in [-0.05, 0) is 55.5 Å². The standard InChI is InChI=1S/C20H22N2O5/c23-18(21-11-10-14-6-8-15(9-7-14)20(25)26)16-4-1-2-12-22(16)19(24)17-5-3-13-27-17/h3,5-9,13,16H,1-2,4,10-12H2,(H,21,23)(H,25,26). The number of carboxylic acids is 1. The number of piperidine rings is 1. The smallest absolute Gasteiger partial charge is 0.335 e. The lowest BCUT2D eigenvalue weighted by Crippen LogP contribution is -2.52. The summed E-state index contributed by atoms with van der Waals surface area (Å²) < 4.78 is 5.18. The average Bonchev–Trinajstić information content (AvgIpc) is 3.22. The van der Waals surface area contributed by atoms with Crippen molar-refractivity contribution in [1.82, 2.24) is 10.2 Å². The molecular formula is C20H22N2O5. The van der Waals surface area contributed by atoms with Gasteiger partial charge in [0.1, 0.15) is 6.04 Å². The Bertz CT molecular complexity index is 798. The molecule has 1 aliphatic rings. The number of aromatic carboxylic acids is 1. The summed E-state index contributed by atoms with van der Waals surface area (Å²) in [6, 6.07) is 9.33. The SMILES string of the molecule is O=C(O)c1ccc(CCNC(=O)C2CCCCN2C(=O)c2ccco2)cc1. The van der Waals surface area contributed by atoms with E-state index in [2.05, 4.69) is 5.32 Å². The van der Waals surface area contributed by atoms with Gasteiger partial charge in [-0.15, -0.1) is 0 Å². The highest BCUT2D eigenvalue weighted by Crippen LogP contribution is 2.20. The largest absolute Gasteiger partial charge is 0.478 e. The second kappa shape index (κ2) is 8.53. The molecule has 1 saturated heterocycles. The first-order valence-electron chi connectivity index (χ1n) is 9.00. The molecule has 1 aromatic heterocycles. The lowest BCUT2D eigenvalue weighted by atomic mass is 10.0. The maximum absolute atomic E-state index is 12.6. The zero-order valence-electron chi connectivity index (χ0n) is 14.9. The lowest BCUT2D eigenvalue weighted by molar-refractivity contribution is -0.126. The van der Waals surface area contributed by atoms with Crippen molar-refractivity contribution in [3.8, 4) is 0 Å². The number of carboxylic acid groups (broad SMARTS) is 1. The molecule has 0 bridgehead atoms. The quantitative estimate of drug-likeness (QED) is 0.813. The van der Waals surface area contributed by atoms with Crippen LogP contribution in [-0.4, -0.2) is 46.9 Å². The third-order valence-electron chi connectivity index (χ3n) is 4.71. The van der Waals surface area contributed by atoms with Crippen LogP contribution < -0.4 is 5.32 Å². The fraction of sp³-hybridized carbons (Fsp3) is 0.350. The Balaban J connectivity index is 1.55. The van der Waals surface area contributed by atoms with Crippen molar-refractivity contribution in [3.05, 3.63) is 59.5 Å². The summed E-state index contributed by atoms with van der Waals surface area (Å²) in [5.74, 6) is -1.15. The van der Waals surface area contributed by atoms with Gasteiger partial charge in [0.05, 0.1) is 11.8 Å². The van der Waals surface area contributed by atoms with Crippen molar-refractivity contribution >= 4 is 17.8 Å². The van der Waals surface area contributed by atoms with Crippen LogP contribution in [0.2, 0.25) is 0 Å².